The molecule has 1 fully saturated rings. The lowest BCUT2D eigenvalue weighted by Crippen LogP contribution is -2.43. The summed E-state index contributed by atoms with van der Waals surface area (Å²) in [7, 11) is 0. The number of ether oxygens (including phenoxy) is 1. The Morgan fingerprint density at radius 3 is 3.14 bits per heavy atom. The van der Waals surface area contributed by atoms with Gasteiger partial charge in [-0.15, -0.1) is 0 Å². The quantitative estimate of drug-likeness (QED) is 0.925. The summed E-state index contributed by atoms with van der Waals surface area (Å²) in [5, 5.41) is 2.96. The van der Waals surface area contributed by atoms with Crippen molar-refractivity contribution in [3.05, 3.63) is 35.1 Å². The molecule has 1 N–H and O–H groups in total. The van der Waals surface area contributed by atoms with Crippen LogP contribution in [-0.2, 0) is 16.0 Å². The zero-order chi connectivity index (χ0) is 15.5. The smallest absolute Gasteiger partial charge is 0.234 e. The number of nitrogens with zero attached hydrogens (tertiary/aromatic N) is 1. The van der Waals surface area contributed by atoms with Crippen LogP contribution in [0.1, 0.15) is 36.9 Å². The van der Waals surface area contributed by atoms with Gasteiger partial charge in [0.2, 0.25) is 5.91 Å². The second kappa shape index (κ2) is 6.75. The molecule has 1 aromatic rings. The minimum absolute atomic E-state index is 0.0351. The van der Waals surface area contributed by atoms with Gasteiger partial charge in [-0.05, 0) is 49.4 Å². The van der Waals surface area contributed by atoms with Gasteiger partial charge >= 0.3 is 0 Å². The van der Waals surface area contributed by atoms with Gasteiger partial charge in [0.05, 0.1) is 12.6 Å². The van der Waals surface area contributed by atoms with Crippen molar-refractivity contribution in [2.24, 2.45) is 0 Å². The molecule has 2 aliphatic rings. The number of benzene rings is 1. The third kappa shape index (κ3) is 3.47. The lowest BCUT2D eigenvalue weighted by Gasteiger charge is -2.34. The highest BCUT2D eigenvalue weighted by molar-refractivity contribution is 5.78. The molecule has 1 saturated heterocycles. The molecule has 0 unspecified atom stereocenters. The van der Waals surface area contributed by atoms with Crippen LogP contribution in [0, 0.1) is 5.82 Å². The predicted octanol–water partition coefficient (Wildman–Crippen LogP) is 2.04. The summed E-state index contributed by atoms with van der Waals surface area (Å²) in [5.74, 6) is -0.151. The molecule has 2 atom stereocenters. The molecule has 0 radical (unpaired) electrons. The monoisotopic (exact) mass is 306 g/mol. The van der Waals surface area contributed by atoms with Crippen molar-refractivity contribution in [2.45, 2.75) is 38.3 Å². The predicted molar refractivity (Wildman–Crippen MR) is 82.1 cm³/mol. The molecular formula is C17H23FN2O2. The highest BCUT2D eigenvalue weighted by atomic mass is 19.1. The van der Waals surface area contributed by atoms with Gasteiger partial charge in [0, 0.05) is 25.7 Å². The lowest BCUT2D eigenvalue weighted by atomic mass is 9.93. The van der Waals surface area contributed by atoms with E-state index in [0.717, 1.165) is 43.5 Å². The van der Waals surface area contributed by atoms with Gasteiger partial charge in [-0.2, -0.15) is 0 Å². The van der Waals surface area contributed by atoms with E-state index in [-0.39, 0.29) is 23.9 Å². The molecule has 0 bridgehead atoms. The fraction of sp³-hybridized carbons (Fsp3) is 0.588. The van der Waals surface area contributed by atoms with Crippen LogP contribution in [-0.4, -0.2) is 43.2 Å². The molecule has 1 aromatic carbocycles. The molecule has 2 heterocycles. The average molecular weight is 306 g/mol. The summed E-state index contributed by atoms with van der Waals surface area (Å²) in [6.07, 6.45) is 3.07. The van der Waals surface area contributed by atoms with E-state index >= 15 is 0 Å². The largest absolute Gasteiger partial charge is 0.376 e. The van der Waals surface area contributed by atoms with E-state index in [2.05, 4.69) is 17.1 Å². The van der Waals surface area contributed by atoms with Crippen molar-refractivity contribution in [3.8, 4) is 0 Å². The summed E-state index contributed by atoms with van der Waals surface area (Å²) in [5.41, 5.74) is 2.18. The molecule has 3 rings (SSSR count). The third-order valence-corrected chi connectivity index (χ3v) is 4.67. The van der Waals surface area contributed by atoms with Crippen molar-refractivity contribution < 1.29 is 13.9 Å². The van der Waals surface area contributed by atoms with Crippen LogP contribution in [0.4, 0.5) is 4.39 Å². The van der Waals surface area contributed by atoms with Crippen LogP contribution < -0.4 is 5.32 Å². The lowest BCUT2D eigenvalue weighted by molar-refractivity contribution is -0.123. The normalized spacial score (nSPS) is 25.0. The summed E-state index contributed by atoms with van der Waals surface area (Å²) in [6.45, 7) is 4.64. The van der Waals surface area contributed by atoms with Crippen molar-refractivity contribution in [1.29, 1.82) is 0 Å². The molecule has 0 saturated carbocycles. The fourth-order valence-corrected chi connectivity index (χ4v) is 3.34. The first-order valence-electron chi connectivity index (χ1n) is 8.04. The average Bonchev–Trinajstić information content (AvgIpc) is 3.01. The number of carbonyl (C=O) groups is 1. The summed E-state index contributed by atoms with van der Waals surface area (Å²) in [6, 6.07) is 5.08. The van der Waals surface area contributed by atoms with Gasteiger partial charge in [-0.25, -0.2) is 4.39 Å². The highest BCUT2D eigenvalue weighted by Crippen LogP contribution is 2.29. The summed E-state index contributed by atoms with van der Waals surface area (Å²) >= 11 is 0. The first kappa shape index (κ1) is 15.4. The van der Waals surface area contributed by atoms with Crippen LogP contribution in [0.2, 0.25) is 0 Å². The SMILES string of the molecule is C[C@@H]1c2ccc(F)cc2CCN1CC(=O)NC[C@@H]1CCCO1. The topological polar surface area (TPSA) is 41.6 Å². The first-order valence-corrected chi connectivity index (χ1v) is 8.04. The molecule has 4 nitrogen and oxygen atoms in total. The second-order valence-electron chi connectivity index (χ2n) is 6.18. The van der Waals surface area contributed by atoms with E-state index in [9.17, 15) is 9.18 Å². The van der Waals surface area contributed by atoms with Crippen LogP contribution in [0.5, 0.6) is 0 Å². The van der Waals surface area contributed by atoms with E-state index in [1.54, 1.807) is 6.07 Å². The van der Waals surface area contributed by atoms with E-state index < -0.39 is 0 Å². The fourth-order valence-electron chi connectivity index (χ4n) is 3.34. The Bertz CT molecular complexity index is 543. The summed E-state index contributed by atoms with van der Waals surface area (Å²) < 4.78 is 18.8. The van der Waals surface area contributed by atoms with Crippen LogP contribution in [0.15, 0.2) is 18.2 Å². The van der Waals surface area contributed by atoms with Gasteiger partial charge in [-0.3, -0.25) is 9.69 Å². The van der Waals surface area contributed by atoms with Crippen molar-refractivity contribution in [1.82, 2.24) is 10.2 Å². The van der Waals surface area contributed by atoms with E-state index in [4.69, 9.17) is 4.74 Å². The molecule has 0 aliphatic carbocycles. The molecule has 0 spiro atoms. The standard InChI is InChI=1S/C17H23FN2O2/c1-12-16-5-4-14(18)9-13(16)6-7-20(12)11-17(21)19-10-15-3-2-8-22-15/h4-5,9,12,15H,2-3,6-8,10-11H2,1H3,(H,19,21)/t12-,15+/m1/s1. The van der Waals surface area contributed by atoms with Gasteiger partial charge in [0.15, 0.2) is 0 Å². The van der Waals surface area contributed by atoms with Gasteiger partial charge in [-0.1, -0.05) is 6.07 Å². The Balaban J connectivity index is 1.54. The molecule has 22 heavy (non-hydrogen) atoms. The zero-order valence-corrected chi connectivity index (χ0v) is 13.0. The Morgan fingerprint density at radius 1 is 1.50 bits per heavy atom. The first-order chi connectivity index (χ1) is 10.6. The number of fused-ring (bicyclic) bond motifs is 1. The van der Waals surface area contributed by atoms with Gasteiger partial charge in [0.1, 0.15) is 5.82 Å². The highest BCUT2D eigenvalue weighted by Gasteiger charge is 2.26. The Hall–Kier alpha value is -1.46. The maximum atomic E-state index is 13.3. The molecule has 0 aromatic heterocycles. The zero-order valence-electron chi connectivity index (χ0n) is 13.0. The number of rotatable bonds is 4. The Labute approximate surface area is 130 Å². The number of amides is 1. The van der Waals surface area contributed by atoms with Gasteiger partial charge < -0.3 is 10.1 Å². The van der Waals surface area contributed by atoms with Crippen molar-refractivity contribution in [3.63, 3.8) is 0 Å². The second-order valence-corrected chi connectivity index (χ2v) is 6.18. The summed E-state index contributed by atoms with van der Waals surface area (Å²) in [4.78, 5) is 14.3. The van der Waals surface area contributed by atoms with Crippen molar-refractivity contribution in [2.75, 3.05) is 26.2 Å². The minimum Gasteiger partial charge on any atom is -0.376 e. The number of carbonyl (C=O) groups excluding carboxylic acids is 1. The third-order valence-electron chi connectivity index (χ3n) is 4.67. The molecular weight excluding hydrogens is 283 g/mol. The van der Waals surface area contributed by atoms with E-state index in [1.165, 1.54) is 6.07 Å². The molecule has 5 heteroatoms. The van der Waals surface area contributed by atoms with E-state index in [1.807, 2.05) is 6.07 Å². The van der Waals surface area contributed by atoms with E-state index in [0.29, 0.717) is 13.1 Å². The number of hydrogen-bond acceptors (Lipinski definition) is 3. The van der Waals surface area contributed by atoms with Crippen LogP contribution >= 0.6 is 0 Å². The number of nitrogens with one attached hydrogen (secondary N) is 1. The van der Waals surface area contributed by atoms with Crippen LogP contribution in [0.25, 0.3) is 0 Å². The molecule has 2 aliphatic heterocycles. The number of hydrogen-bond donors (Lipinski definition) is 1. The maximum absolute atomic E-state index is 13.3. The maximum Gasteiger partial charge on any atom is 0.234 e. The number of halogens is 1. The minimum atomic E-state index is -0.186. The Kier molecular flexibility index (Phi) is 4.74. The van der Waals surface area contributed by atoms with Gasteiger partial charge in [0.25, 0.3) is 0 Å². The Morgan fingerprint density at radius 2 is 2.36 bits per heavy atom. The molecule has 1 amide bonds. The molecule has 120 valence electrons. The van der Waals surface area contributed by atoms with Crippen molar-refractivity contribution >= 4 is 5.91 Å². The van der Waals surface area contributed by atoms with Crippen LogP contribution in [0.3, 0.4) is 0 Å².